The maximum atomic E-state index is 6.89. The second-order valence-electron chi connectivity index (χ2n) is 15.0. The van der Waals surface area contributed by atoms with Crippen LogP contribution in [-0.2, 0) is 10.8 Å². The van der Waals surface area contributed by atoms with Crippen molar-refractivity contribution in [3.8, 4) is 44.9 Å². The number of hydrogen-bond donors (Lipinski definition) is 0. The van der Waals surface area contributed by atoms with Crippen molar-refractivity contribution in [1.29, 1.82) is 0 Å². The smallest absolute Gasteiger partial charge is 0.160 e. The van der Waals surface area contributed by atoms with Gasteiger partial charge in [0.25, 0.3) is 0 Å². The first-order chi connectivity index (χ1) is 24.8. The van der Waals surface area contributed by atoms with Crippen LogP contribution in [0.25, 0.3) is 88.5 Å². The minimum absolute atomic E-state index is 0.0768. The van der Waals surface area contributed by atoms with Crippen LogP contribution >= 0.6 is 0 Å². The van der Waals surface area contributed by atoms with E-state index in [0.717, 1.165) is 66.6 Å². The van der Waals surface area contributed by atoms with Gasteiger partial charge in [0.2, 0.25) is 0 Å². The Bertz CT molecular complexity index is 2850. The quantitative estimate of drug-likeness (QED) is 0.190. The third-order valence-corrected chi connectivity index (χ3v) is 11.8. The topological polar surface area (TPSA) is 38.9 Å². The predicted octanol–water partition coefficient (Wildman–Crippen LogP) is 12.9. The Kier molecular flexibility index (Phi) is 6.27. The summed E-state index contributed by atoms with van der Waals surface area (Å²) in [6, 6.07) is 51.8. The van der Waals surface area contributed by atoms with E-state index in [9.17, 15) is 0 Å². The fourth-order valence-electron chi connectivity index (χ4n) is 8.37. The zero-order valence-electron chi connectivity index (χ0n) is 29.2. The molecule has 0 fully saturated rings. The summed E-state index contributed by atoms with van der Waals surface area (Å²) in [5.74, 6) is 0.721. The summed E-state index contributed by atoms with van der Waals surface area (Å²) in [6.45, 7) is 9.54. The molecule has 244 valence electrons. The normalized spacial score (nSPS) is 14.6. The molecule has 0 radical (unpaired) electrons. The SMILES string of the molecule is CC1(C)c2ccc3ccccc3c2-c2c(ccc3c2oc2ccc(-c4ccc5c(-c6ccccc6)nc(-c6ccccc6)nc5c4)cc23)C1(C)C. The van der Waals surface area contributed by atoms with Crippen LogP contribution in [0.2, 0.25) is 0 Å². The Labute approximate surface area is 297 Å². The van der Waals surface area contributed by atoms with Gasteiger partial charge in [-0.2, -0.15) is 0 Å². The average Bonchev–Trinajstić information content (AvgIpc) is 3.55. The molecule has 1 aliphatic rings. The molecule has 51 heavy (non-hydrogen) atoms. The van der Waals surface area contributed by atoms with Gasteiger partial charge < -0.3 is 4.42 Å². The minimum Gasteiger partial charge on any atom is -0.455 e. The lowest BCUT2D eigenvalue weighted by Crippen LogP contribution is -2.43. The summed E-state index contributed by atoms with van der Waals surface area (Å²) < 4.78 is 6.89. The molecule has 0 amide bonds. The van der Waals surface area contributed by atoms with Gasteiger partial charge in [0.15, 0.2) is 5.82 Å². The average molecular weight is 657 g/mol. The van der Waals surface area contributed by atoms with Crippen LogP contribution in [0.5, 0.6) is 0 Å². The molecule has 2 aromatic heterocycles. The van der Waals surface area contributed by atoms with Crippen LogP contribution in [0, 0.1) is 0 Å². The summed E-state index contributed by atoms with van der Waals surface area (Å²) in [6.07, 6.45) is 0. The molecule has 0 saturated heterocycles. The maximum Gasteiger partial charge on any atom is 0.160 e. The number of aromatic nitrogens is 2. The Morgan fingerprint density at radius 3 is 1.86 bits per heavy atom. The first-order valence-electron chi connectivity index (χ1n) is 17.7. The highest BCUT2D eigenvalue weighted by Crippen LogP contribution is 2.57. The summed E-state index contributed by atoms with van der Waals surface area (Å²) in [5, 5.41) is 5.81. The summed E-state index contributed by atoms with van der Waals surface area (Å²) >= 11 is 0. The highest BCUT2D eigenvalue weighted by molar-refractivity contribution is 6.15. The molecule has 3 nitrogen and oxygen atoms in total. The van der Waals surface area contributed by atoms with E-state index in [1.54, 1.807) is 0 Å². The van der Waals surface area contributed by atoms with E-state index in [-0.39, 0.29) is 10.8 Å². The molecule has 7 aromatic carbocycles. The molecule has 10 rings (SSSR count). The maximum absolute atomic E-state index is 6.89. The van der Waals surface area contributed by atoms with Gasteiger partial charge in [-0.15, -0.1) is 0 Å². The summed E-state index contributed by atoms with van der Waals surface area (Å²) in [4.78, 5) is 10.2. The molecule has 0 aliphatic heterocycles. The molecule has 0 spiro atoms. The number of nitrogens with zero attached hydrogens (tertiary/aromatic N) is 2. The fourth-order valence-corrected chi connectivity index (χ4v) is 8.37. The van der Waals surface area contributed by atoms with Crippen LogP contribution in [0.3, 0.4) is 0 Å². The molecule has 0 unspecified atom stereocenters. The van der Waals surface area contributed by atoms with E-state index >= 15 is 0 Å². The molecule has 0 bridgehead atoms. The van der Waals surface area contributed by atoms with Crippen LogP contribution in [-0.4, -0.2) is 9.97 Å². The Morgan fingerprint density at radius 1 is 0.451 bits per heavy atom. The third kappa shape index (κ3) is 4.31. The monoisotopic (exact) mass is 656 g/mol. The van der Waals surface area contributed by atoms with E-state index in [1.807, 2.05) is 24.3 Å². The zero-order valence-corrected chi connectivity index (χ0v) is 29.2. The Morgan fingerprint density at radius 2 is 1.08 bits per heavy atom. The van der Waals surface area contributed by atoms with Crippen molar-refractivity contribution in [2.24, 2.45) is 0 Å². The number of furan rings is 1. The van der Waals surface area contributed by atoms with Gasteiger partial charge in [-0.3, -0.25) is 0 Å². The molecular formula is C48H36N2O. The van der Waals surface area contributed by atoms with Gasteiger partial charge in [-0.25, -0.2) is 9.97 Å². The van der Waals surface area contributed by atoms with E-state index in [2.05, 4.69) is 149 Å². The Balaban J connectivity index is 1.18. The second kappa shape index (κ2) is 10.7. The lowest BCUT2D eigenvalue weighted by molar-refractivity contribution is 0.299. The molecule has 0 saturated carbocycles. The largest absolute Gasteiger partial charge is 0.455 e. The fraction of sp³-hybridized carbons (Fsp3) is 0.125. The van der Waals surface area contributed by atoms with Crippen molar-refractivity contribution >= 4 is 43.6 Å². The first-order valence-corrected chi connectivity index (χ1v) is 17.7. The van der Waals surface area contributed by atoms with Gasteiger partial charge in [-0.1, -0.05) is 149 Å². The predicted molar refractivity (Wildman–Crippen MR) is 212 cm³/mol. The number of fused-ring (bicyclic) bond motifs is 10. The molecule has 2 heterocycles. The molecule has 9 aromatic rings. The number of benzene rings is 7. The van der Waals surface area contributed by atoms with E-state index in [4.69, 9.17) is 14.4 Å². The van der Waals surface area contributed by atoms with Crippen molar-refractivity contribution in [2.45, 2.75) is 38.5 Å². The standard InChI is InChI=1S/C48H36N2O/c1-47(2)38-24-20-29-13-11-12-18-34(29)42(38)43-39(48(47,3)4)25-23-35-37-27-32(21-26-41(37)51-45(35)43)33-19-22-36-40(28-33)49-46(31-16-9-6-10-17-31)50-44(36)30-14-7-5-8-15-30/h5-28H,1-4H3. The highest BCUT2D eigenvalue weighted by atomic mass is 16.3. The lowest BCUT2D eigenvalue weighted by atomic mass is 9.55. The van der Waals surface area contributed by atoms with Gasteiger partial charge in [-0.05, 0) is 73.7 Å². The number of hydrogen-bond acceptors (Lipinski definition) is 3. The van der Waals surface area contributed by atoms with Crippen molar-refractivity contribution in [3.63, 3.8) is 0 Å². The minimum atomic E-state index is -0.111. The molecule has 0 N–H and O–H groups in total. The van der Waals surface area contributed by atoms with Crippen LogP contribution in [0.1, 0.15) is 38.8 Å². The third-order valence-electron chi connectivity index (χ3n) is 11.8. The zero-order chi connectivity index (χ0) is 34.5. The van der Waals surface area contributed by atoms with Gasteiger partial charge in [0.05, 0.1) is 11.2 Å². The second-order valence-corrected chi connectivity index (χ2v) is 15.0. The number of rotatable bonds is 3. The van der Waals surface area contributed by atoms with E-state index in [1.165, 1.54) is 33.0 Å². The van der Waals surface area contributed by atoms with Gasteiger partial charge >= 0.3 is 0 Å². The van der Waals surface area contributed by atoms with E-state index in [0.29, 0.717) is 0 Å². The molecular weight excluding hydrogens is 621 g/mol. The van der Waals surface area contributed by atoms with Gasteiger partial charge in [0.1, 0.15) is 11.2 Å². The molecule has 3 heteroatoms. The van der Waals surface area contributed by atoms with Crippen molar-refractivity contribution in [3.05, 3.63) is 157 Å². The summed E-state index contributed by atoms with van der Waals surface area (Å²) in [5.41, 5.74) is 13.1. The summed E-state index contributed by atoms with van der Waals surface area (Å²) in [7, 11) is 0. The molecule has 1 aliphatic carbocycles. The van der Waals surface area contributed by atoms with Crippen molar-refractivity contribution < 1.29 is 4.42 Å². The van der Waals surface area contributed by atoms with Crippen molar-refractivity contribution in [2.75, 3.05) is 0 Å². The van der Waals surface area contributed by atoms with E-state index < -0.39 is 0 Å². The lowest BCUT2D eigenvalue weighted by Gasteiger charge is -2.48. The van der Waals surface area contributed by atoms with Crippen LogP contribution in [0.15, 0.2) is 150 Å². The first kappa shape index (κ1) is 29.8. The highest BCUT2D eigenvalue weighted by Gasteiger charge is 2.47. The Hall–Kier alpha value is -6.06. The van der Waals surface area contributed by atoms with Crippen molar-refractivity contribution in [1.82, 2.24) is 9.97 Å². The van der Waals surface area contributed by atoms with Crippen LogP contribution in [0.4, 0.5) is 0 Å². The molecule has 0 atom stereocenters. The van der Waals surface area contributed by atoms with Crippen LogP contribution < -0.4 is 0 Å². The van der Waals surface area contributed by atoms with Gasteiger partial charge in [0, 0.05) is 32.8 Å².